The predicted molar refractivity (Wildman–Crippen MR) is 122 cm³/mol. The molecule has 1 unspecified atom stereocenters. The quantitative estimate of drug-likeness (QED) is 0.565. The van der Waals surface area contributed by atoms with Gasteiger partial charge in [-0.25, -0.2) is 4.99 Å². The number of guanidine groups is 1. The van der Waals surface area contributed by atoms with Crippen LogP contribution in [0.15, 0.2) is 41.7 Å². The Morgan fingerprint density at radius 3 is 2.94 bits per heavy atom. The molecule has 2 aromatic rings. The summed E-state index contributed by atoms with van der Waals surface area (Å²) in [5, 5.41) is 7.73. The number of aliphatic imine (C=N–C) groups is 1. The van der Waals surface area contributed by atoms with Gasteiger partial charge in [0, 0.05) is 31.9 Å². The fourth-order valence-corrected chi connectivity index (χ4v) is 4.33. The van der Waals surface area contributed by atoms with Crippen LogP contribution in [0, 0.1) is 0 Å². The number of nitrogens with zero attached hydrogens (tertiary/aromatic N) is 4. The third-order valence-electron chi connectivity index (χ3n) is 5.96. The maximum Gasteiger partial charge on any atom is 0.194 e. The summed E-state index contributed by atoms with van der Waals surface area (Å²) in [4.78, 5) is 7.21. The number of morpholine rings is 1. The number of hydrogen-bond donors (Lipinski definition) is 1. The van der Waals surface area contributed by atoms with Crippen molar-refractivity contribution in [2.24, 2.45) is 12.0 Å². The molecule has 168 valence electrons. The van der Waals surface area contributed by atoms with Crippen LogP contribution in [0.2, 0.25) is 0 Å². The summed E-state index contributed by atoms with van der Waals surface area (Å²) < 4.78 is 14.0. The van der Waals surface area contributed by atoms with Crippen LogP contribution in [0.3, 0.4) is 0 Å². The molecule has 1 aliphatic carbocycles. The lowest BCUT2D eigenvalue weighted by molar-refractivity contribution is -0.00805. The van der Waals surface area contributed by atoms with Crippen LogP contribution in [0.1, 0.15) is 56.3 Å². The third kappa shape index (κ3) is 6.00. The SMILES string of the molecule is CCNC(=NCc1cccc(OC2CCCCC2)c1)N1CCOC(c2cnn(C)c2)C1. The minimum Gasteiger partial charge on any atom is -0.490 e. The van der Waals surface area contributed by atoms with Crippen molar-refractivity contribution in [3.05, 3.63) is 47.8 Å². The molecule has 2 aliphatic rings. The standard InChI is InChI=1S/C24H35N5O2/c1-3-25-24(29-12-13-30-23(18-29)20-16-27-28(2)17-20)26-15-19-8-7-11-22(14-19)31-21-9-5-4-6-10-21/h7-8,11,14,16-17,21,23H,3-6,9-10,12-13,15,18H2,1-2H3,(H,25,26). The molecule has 7 heteroatoms. The van der Waals surface area contributed by atoms with Crippen molar-refractivity contribution in [3.8, 4) is 5.75 Å². The largest absolute Gasteiger partial charge is 0.490 e. The van der Waals surface area contributed by atoms with E-state index in [2.05, 4.69) is 46.5 Å². The Labute approximate surface area is 185 Å². The van der Waals surface area contributed by atoms with Crippen molar-refractivity contribution in [3.63, 3.8) is 0 Å². The predicted octanol–water partition coefficient (Wildman–Crippen LogP) is 3.67. The molecular formula is C24H35N5O2. The minimum atomic E-state index is 0.0125. The highest BCUT2D eigenvalue weighted by molar-refractivity contribution is 5.80. The fourth-order valence-electron chi connectivity index (χ4n) is 4.33. The van der Waals surface area contributed by atoms with E-state index in [9.17, 15) is 0 Å². The third-order valence-corrected chi connectivity index (χ3v) is 5.96. The molecule has 0 spiro atoms. The molecule has 2 heterocycles. The Kier molecular flexibility index (Phi) is 7.46. The summed E-state index contributed by atoms with van der Waals surface area (Å²) in [5.41, 5.74) is 2.27. The van der Waals surface area contributed by atoms with Crippen molar-refractivity contribution in [1.29, 1.82) is 0 Å². The molecule has 1 atom stereocenters. The number of benzene rings is 1. The van der Waals surface area contributed by atoms with E-state index in [1.807, 2.05) is 24.1 Å². The van der Waals surface area contributed by atoms with Gasteiger partial charge in [0.25, 0.3) is 0 Å². The molecule has 2 fully saturated rings. The summed E-state index contributed by atoms with van der Waals surface area (Å²) in [7, 11) is 1.93. The molecule has 7 nitrogen and oxygen atoms in total. The van der Waals surface area contributed by atoms with Gasteiger partial charge in [-0.15, -0.1) is 0 Å². The second-order valence-corrected chi connectivity index (χ2v) is 8.45. The monoisotopic (exact) mass is 425 g/mol. The number of aromatic nitrogens is 2. The Balaban J connectivity index is 1.41. The van der Waals surface area contributed by atoms with Gasteiger partial charge in [0.1, 0.15) is 11.9 Å². The second-order valence-electron chi connectivity index (χ2n) is 8.45. The lowest BCUT2D eigenvalue weighted by Gasteiger charge is -2.34. The first kappa shape index (κ1) is 21.7. The van der Waals surface area contributed by atoms with Gasteiger partial charge < -0.3 is 19.7 Å². The van der Waals surface area contributed by atoms with E-state index in [1.165, 1.54) is 37.7 Å². The summed E-state index contributed by atoms with van der Waals surface area (Å²) in [5.74, 6) is 1.89. The van der Waals surface area contributed by atoms with Gasteiger partial charge in [-0.2, -0.15) is 5.10 Å². The molecule has 1 saturated carbocycles. The van der Waals surface area contributed by atoms with E-state index < -0.39 is 0 Å². The fraction of sp³-hybridized carbons (Fsp3) is 0.583. The van der Waals surface area contributed by atoms with Crippen LogP contribution in [0.5, 0.6) is 5.75 Å². The van der Waals surface area contributed by atoms with E-state index in [0.29, 0.717) is 19.3 Å². The van der Waals surface area contributed by atoms with Crippen LogP contribution in [0.25, 0.3) is 0 Å². The van der Waals surface area contributed by atoms with E-state index in [4.69, 9.17) is 14.5 Å². The highest BCUT2D eigenvalue weighted by Gasteiger charge is 2.25. The van der Waals surface area contributed by atoms with Gasteiger partial charge >= 0.3 is 0 Å². The van der Waals surface area contributed by atoms with Gasteiger partial charge in [-0.3, -0.25) is 4.68 Å². The number of rotatable bonds is 6. The molecule has 0 amide bonds. The Morgan fingerprint density at radius 1 is 1.29 bits per heavy atom. The van der Waals surface area contributed by atoms with Gasteiger partial charge in [0.15, 0.2) is 5.96 Å². The molecule has 1 aliphatic heterocycles. The zero-order valence-corrected chi connectivity index (χ0v) is 18.8. The first-order valence-corrected chi connectivity index (χ1v) is 11.6. The smallest absolute Gasteiger partial charge is 0.194 e. The number of aryl methyl sites for hydroxylation is 1. The minimum absolute atomic E-state index is 0.0125. The van der Waals surface area contributed by atoms with E-state index in [1.54, 1.807) is 0 Å². The van der Waals surface area contributed by atoms with Gasteiger partial charge in [-0.1, -0.05) is 18.6 Å². The van der Waals surface area contributed by atoms with Crippen molar-refractivity contribution in [1.82, 2.24) is 20.0 Å². The van der Waals surface area contributed by atoms with Gasteiger partial charge in [0.2, 0.25) is 0 Å². The van der Waals surface area contributed by atoms with Crippen LogP contribution in [-0.2, 0) is 18.3 Å². The van der Waals surface area contributed by atoms with E-state index in [-0.39, 0.29) is 6.10 Å². The molecule has 31 heavy (non-hydrogen) atoms. The molecule has 0 bridgehead atoms. The first-order valence-electron chi connectivity index (χ1n) is 11.6. The summed E-state index contributed by atoms with van der Waals surface area (Å²) in [6, 6.07) is 8.40. The number of nitrogens with one attached hydrogen (secondary N) is 1. The molecule has 1 aromatic carbocycles. The van der Waals surface area contributed by atoms with Crippen LogP contribution in [-0.4, -0.2) is 53.0 Å². The van der Waals surface area contributed by atoms with Crippen LogP contribution >= 0.6 is 0 Å². The highest BCUT2D eigenvalue weighted by atomic mass is 16.5. The zero-order chi connectivity index (χ0) is 21.5. The van der Waals surface area contributed by atoms with Crippen LogP contribution in [0.4, 0.5) is 0 Å². The lowest BCUT2D eigenvalue weighted by atomic mass is 9.98. The zero-order valence-electron chi connectivity index (χ0n) is 18.8. The van der Waals surface area contributed by atoms with E-state index in [0.717, 1.165) is 36.9 Å². The van der Waals surface area contributed by atoms with Crippen LogP contribution < -0.4 is 10.1 Å². The molecular weight excluding hydrogens is 390 g/mol. The number of hydrogen-bond acceptors (Lipinski definition) is 4. The van der Waals surface area contributed by atoms with Gasteiger partial charge in [0.05, 0.1) is 32.0 Å². The molecule has 0 radical (unpaired) electrons. The van der Waals surface area contributed by atoms with Gasteiger partial charge in [-0.05, 0) is 50.3 Å². The molecule has 1 N–H and O–H groups in total. The maximum absolute atomic E-state index is 6.23. The average Bonchev–Trinajstić information content (AvgIpc) is 3.24. The Morgan fingerprint density at radius 2 is 2.16 bits per heavy atom. The first-order chi connectivity index (χ1) is 15.2. The van der Waals surface area contributed by atoms with Crippen molar-refractivity contribution in [2.45, 2.75) is 57.8 Å². The second kappa shape index (κ2) is 10.7. The average molecular weight is 426 g/mol. The summed E-state index contributed by atoms with van der Waals surface area (Å²) >= 11 is 0. The van der Waals surface area contributed by atoms with E-state index >= 15 is 0 Å². The molecule has 1 aromatic heterocycles. The normalized spacial score (nSPS) is 20.6. The Bertz CT molecular complexity index is 859. The molecule has 1 saturated heterocycles. The Hall–Kier alpha value is -2.54. The number of ether oxygens (including phenoxy) is 2. The maximum atomic E-state index is 6.23. The summed E-state index contributed by atoms with van der Waals surface area (Å²) in [6.07, 6.45) is 10.5. The summed E-state index contributed by atoms with van der Waals surface area (Å²) in [6.45, 7) is 5.83. The lowest BCUT2D eigenvalue weighted by Crippen LogP contribution is -2.48. The highest BCUT2D eigenvalue weighted by Crippen LogP contribution is 2.25. The molecule has 4 rings (SSSR count). The van der Waals surface area contributed by atoms with Crippen molar-refractivity contribution in [2.75, 3.05) is 26.2 Å². The van der Waals surface area contributed by atoms with Crippen molar-refractivity contribution < 1.29 is 9.47 Å². The topological polar surface area (TPSA) is 63.9 Å². The van der Waals surface area contributed by atoms with Crippen molar-refractivity contribution >= 4 is 5.96 Å².